The number of carbonyl (C=O) groups is 1. The lowest BCUT2D eigenvalue weighted by Gasteiger charge is -2.19. The first-order valence-electron chi connectivity index (χ1n) is 5.69. The number of rotatable bonds is 2. The van der Waals surface area contributed by atoms with E-state index in [0.29, 0.717) is 17.8 Å². The van der Waals surface area contributed by atoms with E-state index in [0.717, 1.165) is 30.1 Å². The standard InChI is InChI=1S/C11H13ClN2O/c1-4(15)14-11-6(5(13-14)2-3-12)7-8-9(7)10(8)11/h6-11H,2-3H2,1H3. The van der Waals surface area contributed by atoms with Crippen molar-refractivity contribution in [1.82, 2.24) is 5.01 Å². The first-order chi connectivity index (χ1) is 7.25. The molecule has 5 aliphatic rings. The number of hydrazone groups is 1. The molecule has 80 valence electrons. The van der Waals surface area contributed by atoms with E-state index in [1.807, 2.05) is 0 Å². The highest BCUT2D eigenvalue weighted by Gasteiger charge is 2.86. The molecular formula is C11H13ClN2O. The highest BCUT2D eigenvalue weighted by Crippen LogP contribution is 2.85. The lowest BCUT2D eigenvalue weighted by atomic mass is 9.96. The van der Waals surface area contributed by atoms with Crippen LogP contribution in [0.2, 0.25) is 0 Å². The Morgan fingerprint density at radius 3 is 2.73 bits per heavy atom. The van der Waals surface area contributed by atoms with Gasteiger partial charge in [-0.15, -0.1) is 11.6 Å². The molecular weight excluding hydrogens is 212 g/mol. The van der Waals surface area contributed by atoms with Crippen molar-refractivity contribution in [3.63, 3.8) is 0 Å². The van der Waals surface area contributed by atoms with E-state index in [-0.39, 0.29) is 5.91 Å². The molecule has 4 saturated carbocycles. The van der Waals surface area contributed by atoms with Crippen molar-refractivity contribution in [1.29, 1.82) is 0 Å². The minimum atomic E-state index is 0.0986. The van der Waals surface area contributed by atoms with E-state index in [4.69, 9.17) is 11.6 Å². The Labute approximate surface area is 93.5 Å². The second-order valence-corrected chi connectivity index (χ2v) is 5.60. The molecule has 0 aromatic carbocycles. The number of amides is 1. The molecule has 15 heavy (non-hydrogen) atoms. The topological polar surface area (TPSA) is 32.7 Å². The molecule has 4 aliphatic carbocycles. The summed E-state index contributed by atoms with van der Waals surface area (Å²) in [5.41, 5.74) is 1.20. The van der Waals surface area contributed by atoms with Crippen molar-refractivity contribution in [2.24, 2.45) is 34.7 Å². The van der Waals surface area contributed by atoms with E-state index in [2.05, 4.69) is 5.10 Å². The zero-order valence-corrected chi connectivity index (χ0v) is 9.31. The van der Waals surface area contributed by atoms with Gasteiger partial charge in [-0.25, -0.2) is 5.01 Å². The second kappa shape index (κ2) is 2.40. The summed E-state index contributed by atoms with van der Waals surface area (Å²) in [6.07, 6.45) is 0.856. The molecule has 0 aromatic heterocycles. The molecule has 3 nitrogen and oxygen atoms in total. The van der Waals surface area contributed by atoms with Gasteiger partial charge in [0.25, 0.3) is 0 Å². The Morgan fingerprint density at radius 1 is 1.40 bits per heavy atom. The number of alkyl halides is 1. The van der Waals surface area contributed by atoms with Crippen LogP contribution < -0.4 is 0 Å². The first kappa shape index (κ1) is 8.57. The first-order valence-corrected chi connectivity index (χ1v) is 6.22. The largest absolute Gasteiger partial charge is 0.273 e. The summed E-state index contributed by atoms with van der Waals surface area (Å²) in [6, 6.07) is 0.417. The van der Waals surface area contributed by atoms with Crippen molar-refractivity contribution < 1.29 is 4.79 Å². The summed E-state index contributed by atoms with van der Waals surface area (Å²) in [5, 5.41) is 6.22. The quantitative estimate of drug-likeness (QED) is 0.652. The molecule has 4 atom stereocenters. The lowest BCUT2D eigenvalue weighted by molar-refractivity contribution is -0.130. The molecule has 0 radical (unpaired) electrons. The van der Waals surface area contributed by atoms with Gasteiger partial charge < -0.3 is 0 Å². The number of nitrogens with zero attached hydrogens (tertiary/aromatic N) is 2. The van der Waals surface area contributed by atoms with Crippen LogP contribution in [0.1, 0.15) is 13.3 Å². The van der Waals surface area contributed by atoms with Gasteiger partial charge in [0.2, 0.25) is 5.91 Å². The van der Waals surface area contributed by atoms with Gasteiger partial charge in [0.15, 0.2) is 0 Å². The monoisotopic (exact) mass is 224 g/mol. The van der Waals surface area contributed by atoms with Crippen molar-refractivity contribution in [3.05, 3.63) is 0 Å². The number of halogens is 1. The third-order valence-electron chi connectivity index (χ3n) is 4.69. The lowest BCUT2D eigenvalue weighted by Crippen LogP contribution is -2.34. The zero-order chi connectivity index (χ0) is 10.3. The van der Waals surface area contributed by atoms with Crippen LogP contribution in [0.5, 0.6) is 0 Å². The fourth-order valence-electron chi connectivity index (χ4n) is 4.14. The molecule has 4 unspecified atom stereocenters. The van der Waals surface area contributed by atoms with Crippen LogP contribution in [-0.4, -0.2) is 28.5 Å². The molecule has 1 heterocycles. The van der Waals surface area contributed by atoms with Crippen LogP contribution in [-0.2, 0) is 4.79 Å². The molecule has 0 spiro atoms. The maximum atomic E-state index is 11.5. The van der Waals surface area contributed by atoms with Gasteiger partial charge in [0.05, 0.1) is 6.04 Å². The third-order valence-corrected chi connectivity index (χ3v) is 4.88. The summed E-state index contributed by atoms with van der Waals surface area (Å²) in [7, 11) is 0. The minimum Gasteiger partial charge on any atom is -0.273 e. The molecule has 4 fully saturated rings. The Balaban J connectivity index is 1.69. The van der Waals surface area contributed by atoms with Crippen LogP contribution in [0.15, 0.2) is 5.10 Å². The molecule has 1 amide bonds. The van der Waals surface area contributed by atoms with Crippen molar-refractivity contribution in [3.8, 4) is 0 Å². The van der Waals surface area contributed by atoms with E-state index >= 15 is 0 Å². The minimum absolute atomic E-state index is 0.0986. The van der Waals surface area contributed by atoms with Gasteiger partial charge in [-0.05, 0) is 23.7 Å². The molecule has 0 saturated heterocycles. The summed E-state index contributed by atoms with van der Waals surface area (Å²) in [5.74, 6) is 4.85. The fourth-order valence-corrected chi connectivity index (χ4v) is 4.33. The van der Waals surface area contributed by atoms with Gasteiger partial charge >= 0.3 is 0 Å². The van der Waals surface area contributed by atoms with Gasteiger partial charge in [-0.2, -0.15) is 5.10 Å². The normalized spacial score (nSPS) is 52.4. The summed E-state index contributed by atoms with van der Waals surface area (Å²) >= 11 is 5.78. The number of hydrogen-bond acceptors (Lipinski definition) is 2. The SMILES string of the molecule is CC(=O)N1N=C(CCCl)C2C3C4C3C4C21. The summed E-state index contributed by atoms with van der Waals surface area (Å²) in [6.45, 7) is 1.62. The second-order valence-electron chi connectivity index (χ2n) is 5.22. The average Bonchev–Trinajstić information content (AvgIpc) is 2.93. The van der Waals surface area contributed by atoms with Crippen LogP contribution in [0, 0.1) is 29.6 Å². The smallest absolute Gasteiger partial charge is 0.239 e. The molecule has 0 aromatic rings. The van der Waals surface area contributed by atoms with Crippen LogP contribution >= 0.6 is 11.6 Å². The van der Waals surface area contributed by atoms with Gasteiger partial charge in [0, 0.05) is 30.9 Å². The van der Waals surface area contributed by atoms with E-state index in [1.165, 1.54) is 5.71 Å². The number of hydrogen-bond donors (Lipinski definition) is 0. The molecule has 2 bridgehead atoms. The van der Waals surface area contributed by atoms with Crippen molar-refractivity contribution in [2.75, 3.05) is 5.88 Å². The zero-order valence-electron chi connectivity index (χ0n) is 8.56. The highest BCUT2D eigenvalue weighted by atomic mass is 35.5. The van der Waals surface area contributed by atoms with Gasteiger partial charge in [-0.3, -0.25) is 4.79 Å². The predicted octanol–water partition coefficient (Wildman–Crippen LogP) is 1.32. The Bertz CT molecular complexity index is 384. The summed E-state index contributed by atoms with van der Waals surface area (Å²) < 4.78 is 0. The Morgan fingerprint density at radius 2 is 2.13 bits per heavy atom. The van der Waals surface area contributed by atoms with Gasteiger partial charge in [-0.1, -0.05) is 0 Å². The number of carbonyl (C=O) groups excluding carboxylic acids is 1. The molecule has 4 heteroatoms. The van der Waals surface area contributed by atoms with Crippen LogP contribution in [0.3, 0.4) is 0 Å². The molecule has 1 aliphatic heterocycles. The van der Waals surface area contributed by atoms with Crippen LogP contribution in [0.25, 0.3) is 0 Å². The highest BCUT2D eigenvalue weighted by molar-refractivity contribution is 6.19. The third kappa shape index (κ3) is 0.814. The van der Waals surface area contributed by atoms with Crippen LogP contribution in [0.4, 0.5) is 0 Å². The average molecular weight is 225 g/mol. The van der Waals surface area contributed by atoms with Crippen molar-refractivity contribution in [2.45, 2.75) is 19.4 Å². The maximum absolute atomic E-state index is 11.5. The van der Waals surface area contributed by atoms with E-state index in [1.54, 1.807) is 11.9 Å². The Hall–Kier alpha value is -0.570. The Kier molecular flexibility index (Phi) is 1.37. The maximum Gasteiger partial charge on any atom is 0.239 e. The van der Waals surface area contributed by atoms with E-state index in [9.17, 15) is 4.79 Å². The molecule has 0 N–H and O–H groups in total. The predicted molar refractivity (Wildman–Crippen MR) is 56.5 cm³/mol. The van der Waals surface area contributed by atoms with E-state index < -0.39 is 0 Å². The molecule has 5 rings (SSSR count). The fraction of sp³-hybridized carbons (Fsp3) is 0.818. The van der Waals surface area contributed by atoms with Gasteiger partial charge in [0.1, 0.15) is 0 Å². The summed E-state index contributed by atoms with van der Waals surface area (Å²) in [4.78, 5) is 11.5. The van der Waals surface area contributed by atoms with Crippen molar-refractivity contribution >= 4 is 23.2 Å².